The van der Waals surface area contributed by atoms with Crippen molar-refractivity contribution in [3.8, 4) is 5.75 Å². The standard InChI is InChI=1S/C25H34N2O2/c1-3-29-24-9-5-4-7-22(24)8-6-16-26-25(28)23-14-17-27(18-15-23)19-21-12-10-20(2)11-13-21/h4-5,7,9-13,23H,3,6,8,14-19H2,1-2H3,(H,26,28). The van der Waals surface area contributed by atoms with Crippen LogP contribution in [0.2, 0.25) is 0 Å². The number of nitrogens with one attached hydrogen (secondary N) is 1. The molecule has 156 valence electrons. The predicted molar refractivity (Wildman–Crippen MR) is 118 cm³/mol. The van der Waals surface area contributed by atoms with Crippen LogP contribution in [0.1, 0.15) is 42.9 Å². The summed E-state index contributed by atoms with van der Waals surface area (Å²) in [5, 5.41) is 3.15. The molecule has 29 heavy (non-hydrogen) atoms. The van der Waals surface area contributed by atoms with Gasteiger partial charge in [0, 0.05) is 19.0 Å². The molecule has 1 N–H and O–H groups in total. The van der Waals surface area contributed by atoms with Gasteiger partial charge in [0.1, 0.15) is 5.75 Å². The molecule has 1 saturated heterocycles. The fourth-order valence-electron chi connectivity index (χ4n) is 3.95. The molecule has 0 bridgehead atoms. The molecule has 1 amide bonds. The van der Waals surface area contributed by atoms with Crippen molar-refractivity contribution in [1.82, 2.24) is 10.2 Å². The number of hydrogen-bond acceptors (Lipinski definition) is 3. The molecule has 1 heterocycles. The van der Waals surface area contributed by atoms with Gasteiger partial charge in [-0.15, -0.1) is 0 Å². The number of amides is 1. The number of likely N-dealkylation sites (tertiary alicyclic amines) is 1. The van der Waals surface area contributed by atoms with Crippen LogP contribution in [0, 0.1) is 12.8 Å². The van der Waals surface area contributed by atoms with E-state index in [1.54, 1.807) is 0 Å². The minimum Gasteiger partial charge on any atom is -0.494 e. The van der Waals surface area contributed by atoms with Gasteiger partial charge in [0.2, 0.25) is 5.91 Å². The molecule has 0 aromatic heterocycles. The fourth-order valence-corrected chi connectivity index (χ4v) is 3.95. The van der Waals surface area contributed by atoms with E-state index in [2.05, 4.69) is 47.5 Å². The molecule has 4 heteroatoms. The first-order valence-electron chi connectivity index (χ1n) is 10.9. The number of benzene rings is 2. The summed E-state index contributed by atoms with van der Waals surface area (Å²) in [6.45, 7) is 8.49. The van der Waals surface area contributed by atoms with Gasteiger partial charge >= 0.3 is 0 Å². The molecule has 0 unspecified atom stereocenters. The molecule has 3 rings (SSSR count). The Hall–Kier alpha value is -2.33. The van der Waals surface area contributed by atoms with Crippen LogP contribution in [0.4, 0.5) is 0 Å². The minimum absolute atomic E-state index is 0.153. The van der Waals surface area contributed by atoms with E-state index in [4.69, 9.17) is 4.74 Å². The van der Waals surface area contributed by atoms with Gasteiger partial charge in [0.05, 0.1) is 6.61 Å². The largest absolute Gasteiger partial charge is 0.494 e. The summed E-state index contributed by atoms with van der Waals surface area (Å²) in [4.78, 5) is 15.0. The zero-order chi connectivity index (χ0) is 20.5. The van der Waals surface area contributed by atoms with E-state index in [0.29, 0.717) is 6.61 Å². The number of nitrogens with zero attached hydrogens (tertiary/aromatic N) is 1. The lowest BCUT2D eigenvalue weighted by atomic mass is 9.95. The molecule has 0 atom stereocenters. The highest BCUT2D eigenvalue weighted by Gasteiger charge is 2.24. The second kappa shape index (κ2) is 11.0. The van der Waals surface area contributed by atoms with Gasteiger partial charge in [0.25, 0.3) is 0 Å². The van der Waals surface area contributed by atoms with E-state index < -0.39 is 0 Å². The van der Waals surface area contributed by atoms with Crippen molar-refractivity contribution in [1.29, 1.82) is 0 Å². The number of carbonyl (C=O) groups is 1. The van der Waals surface area contributed by atoms with E-state index in [0.717, 1.165) is 57.6 Å². The molecule has 0 spiro atoms. The predicted octanol–water partition coefficient (Wildman–Crippen LogP) is 4.35. The lowest BCUT2D eigenvalue weighted by Gasteiger charge is -2.31. The Kier molecular flexibility index (Phi) is 8.12. The first-order valence-corrected chi connectivity index (χ1v) is 10.9. The van der Waals surface area contributed by atoms with E-state index in [1.165, 1.54) is 16.7 Å². The lowest BCUT2D eigenvalue weighted by molar-refractivity contribution is -0.126. The summed E-state index contributed by atoms with van der Waals surface area (Å²) < 4.78 is 5.68. The summed E-state index contributed by atoms with van der Waals surface area (Å²) in [6.07, 6.45) is 3.75. The average molecular weight is 395 g/mol. The van der Waals surface area contributed by atoms with Gasteiger partial charge in [-0.3, -0.25) is 9.69 Å². The maximum Gasteiger partial charge on any atom is 0.223 e. The van der Waals surface area contributed by atoms with Crippen LogP contribution < -0.4 is 10.1 Å². The van der Waals surface area contributed by atoms with E-state index in [1.807, 2.05) is 25.1 Å². The summed E-state index contributed by atoms with van der Waals surface area (Å²) >= 11 is 0. The van der Waals surface area contributed by atoms with Gasteiger partial charge < -0.3 is 10.1 Å². The highest BCUT2D eigenvalue weighted by Crippen LogP contribution is 2.21. The number of hydrogen-bond donors (Lipinski definition) is 1. The van der Waals surface area contributed by atoms with E-state index in [9.17, 15) is 4.79 Å². The van der Waals surface area contributed by atoms with Gasteiger partial charge in [-0.2, -0.15) is 0 Å². The Labute approximate surface area is 175 Å². The second-order valence-electron chi connectivity index (χ2n) is 7.97. The van der Waals surface area contributed by atoms with Crippen molar-refractivity contribution in [3.63, 3.8) is 0 Å². The monoisotopic (exact) mass is 394 g/mol. The van der Waals surface area contributed by atoms with Crippen molar-refractivity contribution < 1.29 is 9.53 Å². The van der Waals surface area contributed by atoms with Crippen molar-refractivity contribution in [2.45, 2.75) is 46.1 Å². The number of carbonyl (C=O) groups excluding carboxylic acids is 1. The topological polar surface area (TPSA) is 41.6 Å². The Morgan fingerprint density at radius 1 is 1.10 bits per heavy atom. The zero-order valence-corrected chi connectivity index (χ0v) is 17.8. The fraction of sp³-hybridized carbons (Fsp3) is 0.480. The van der Waals surface area contributed by atoms with E-state index >= 15 is 0 Å². The SMILES string of the molecule is CCOc1ccccc1CCCNC(=O)C1CCN(Cc2ccc(C)cc2)CC1. The number of para-hydroxylation sites is 1. The minimum atomic E-state index is 0.153. The highest BCUT2D eigenvalue weighted by molar-refractivity contribution is 5.78. The Morgan fingerprint density at radius 3 is 2.55 bits per heavy atom. The van der Waals surface area contributed by atoms with Gasteiger partial charge in [-0.1, -0.05) is 48.0 Å². The van der Waals surface area contributed by atoms with Crippen molar-refractivity contribution in [2.75, 3.05) is 26.2 Å². The summed E-state index contributed by atoms with van der Waals surface area (Å²) in [5.41, 5.74) is 3.87. The van der Waals surface area contributed by atoms with Gasteiger partial charge in [-0.05, 0) is 69.8 Å². The molecular formula is C25H34N2O2. The third-order valence-corrected chi connectivity index (χ3v) is 5.68. The molecule has 4 nitrogen and oxygen atoms in total. The normalized spacial score (nSPS) is 15.2. The highest BCUT2D eigenvalue weighted by atomic mass is 16.5. The van der Waals surface area contributed by atoms with Gasteiger partial charge in [0.15, 0.2) is 0 Å². The molecule has 0 aliphatic carbocycles. The summed E-state index contributed by atoms with van der Waals surface area (Å²) in [7, 11) is 0. The number of aryl methyl sites for hydroxylation is 2. The Morgan fingerprint density at radius 2 is 1.83 bits per heavy atom. The zero-order valence-electron chi connectivity index (χ0n) is 17.8. The molecular weight excluding hydrogens is 360 g/mol. The second-order valence-corrected chi connectivity index (χ2v) is 7.97. The van der Waals surface area contributed by atoms with Crippen LogP contribution in [0.5, 0.6) is 5.75 Å². The summed E-state index contributed by atoms with van der Waals surface area (Å²) in [5.74, 6) is 1.33. The molecule has 2 aromatic rings. The lowest BCUT2D eigenvalue weighted by Crippen LogP contribution is -2.40. The first kappa shape index (κ1) is 21.4. The molecule has 1 fully saturated rings. The maximum atomic E-state index is 12.5. The van der Waals surface area contributed by atoms with Crippen LogP contribution in [0.15, 0.2) is 48.5 Å². The number of ether oxygens (including phenoxy) is 1. The van der Waals surface area contributed by atoms with Crippen molar-refractivity contribution in [3.05, 3.63) is 65.2 Å². The Bertz CT molecular complexity index is 765. The quantitative estimate of drug-likeness (QED) is 0.643. The van der Waals surface area contributed by atoms with Crippen molar-refractivity contribution in [2.24, 2.45) is 5.92 Å². The Balaban J connectivity index is 1.35. The van der Waals surface area contributed by atoms with Crippen LogP contribution in [-0.2, 0) is 17.8 Å². The number of piperidine rings is 1. The van der Waals surface area contributed by atoms with Crippen molar-refractivity contribution >= 4 is 5.91 Å². The maximum absolute atomic E-state index is 12.5. The molecule has 0 saturated carbocycles. The first-order chi connectivity index (χ1) is 14.2. The van der Waals surface area contributed by atoms with Crippen LogP contribution >= 0.6 is 0 Å². The smallest absolute Gasteiger partial charge is 0.223 e. The molecule has 2 aromatic carbocycles. The summed E-state index contributed by atoms with van der Waals surface area (Å²) in [6, 6.07) is 16.9. The third-order valence-electron chi connectivity index (χ3n) is 5.68. The molecule has 0 radical (unpaired) electrons. The van der Waals surface area contributed by atoms with Crippen LogP contribution in [0.3, 0.4) is 0 Å². The number of rotatable bonds is 9. The molecule has 1 aliphatic rings. The molecule has 1 aliphatic heterocycles. The average Bonchev–Trinajstić information content (AvgIpc) is 2.74. The van der Waals surface area contributed by atoms with Crippen LogP contribution in [-0.4, -0.2) is 37.0 Å². The van der Waals surface area contributed by atoms with Gasteiger partial charge in [-0.25, -0.2) is 0 Å². The van der Waals surface area contributed by atoms with E-state index in [-0.39, 0.29) is 11.8 Å². The third kappa shape index (κ3) is 6.60. The van der Waals surface area contributed by atoms with Crippen LogP contribution in [0.25, 0.3) is 0 Å².